The molecule has 0 atom stereocenters. The average Bonchev–Trinajstić information content (AvgIpc) is 3.35. The summed E-state index contributed by atoms with van der Waals surface area (Å²) in [5, 5.41) is 9.60. The number of aromatic hydroxyl groups is 1. The molecule has 4 nitrogen and oxygen atoms in total. The number of hydrogen-bond donors (Lipinski definition) is 1. The highest BCUT2D eigenvalue weighted by atomic mass is 16.3. The minimum Gasteiger partial charge on any atom is -0.506 e. The van der Waals surface area contributed by atoms with Gasteiger partial charge in [0.05, 0.1) is 11.8 Å². The van der Waals surface area contributed by atoms with Crippen LogP contribution in [0.2, 0.25) is 0 Å². The Morgan fingerprint density at radius 1 is 1.17 bits per heavy atom. The molecule has 4 rings (SSSR count). The van der Waals surface area contributed by atoms with Crippen LogP contribution in [0.3, 0.4) is 0 Å². The van der Waals surface area contributed by atoms with Crippen molar-refractivity contribution in [2.45, 2.75) is 50.6 Å². The first kappa shape index (κ1) is 15.2. The van der Waals surface area contributed by atoms with Gasteiger partial charge in [0, 0.05) is 18.3 Å². The van der Waals surface area contributed by atoms with E-state index in [9.17, 15) is 9.90 Å². The molecule has 2 aromatic rings. The molecular formula is C20H22N2O2. The summed E-state index contributed by atoms with van der Waals surface area (Å²) in [6.45, 7) is 2.16. The van der Waals surface area contributed by atoms with Gasteiger partial charge < -0.3 is 10.0 Å². The molecule has 4 heteroatoms. The van der Waals surface area contributed by atoms with E-state index in [0.29, 0.717) is 23.6 Å². The molecule has 1 amide bonds. The van der Waals surface area contributed by atoms with Crippen LogP contribution in [0.15, 0.2) is 42.7 Å². The zero-order valence-corrected chi connectivity index (χ0v) is 13.9. The molecule has 24 heavy (non-hydrogen) atoms. The van der Waals surface area contributed by atoms with E-state index >= 15 is 0 Å². The summed E-state index contributed by atoms with van der Waals surface area (Å²) in [6.07, 6.45) is 7.14. The Morgan fingerprint density at radius 3 is 2.58 bits per heavy atom. The Hall–Kier alpha value is -2.36. The number of aryl methyl sites for hydroxylation is 1. The lowest BCUT2D eigenvalue weighted by molar-refractivity contribution is 0.0515. The quantitative estimate of drug-likeness (QED) is 0.935. The number of aromatic nitrogens is 1. The normalized spacial score (nSPS) is 22.7. The van der Waals surface area contributed by atoms with E-state index in [-0.39, 0.29) is 11.7 Å². The third kappa shape index (κ3) is 2.77. The van der Waals surface area contributed by atoms with Crippen molar-refractivity contribution in [2.24, 2.45) is 0 Å². The lowest BCUT2D eigenvalue weighted by Gasteiger charge is -2.44. The maximum absolute atomic E-state index is 12.9. The Morgan fingerprint density at radius 2 is 1.92 bits per heavy atom. The molecule has 0 unspecified atom stereocenters. The molecule has 0 spiro atoms. The van der Waals surface area contributed by atoms with Gasteiger partial charge in [0.15, 0.2) is 0 Å². The third-order valence-corrected chi connectivity index (χ3v) is 5.28. The van der Waals surface area contributed by atoms with Gasteiger partial charge in [0.25, 0.3) is 5.91 Å². The molecule has 2 fully saturated rings. The van der Waals surface area contributed by atoms with Crippen molar-refractivity contribution in [2.75, 3.05) is 0 Å². The molecule has 124 valence electrons. The van der Waals surface area contributed by atoms with Crippen LogP contribution in [-0.2, 0) is 0 Å². The van der Waals surface area contributed by atoms with Gasteiger partial charge in [-0.15, -0.1) is 0 Å². The Labute approximate surface area is 142 Å². The fraction of sp³-hybridized carbons (Fsp3) is 0.400. The van der Waals surface area contributed by atoms with E-state index in [0.717, 1.165) is 25.7 Å². The minimum absolute atomic E-state index is 0.00846. The smallest absolute Gasteiger partial charge is 0.256 e. The molecule has 1 heterocycles. The fourth-order valence-electron chi connectivity index (χ4n) is 3.79. The van der Waals surface area contributed by atoms with Crippen LogP contribution in [0.4, 0.5) is 0 Å². The highest BCUT2D eigenvalue weighted by Crippen LogP contribution is 2.44. The van der Waals surface area contributed by atoms with Crippen LogP contribution in [0.1, 0.15) is 53.1 Å². The molecule has 1 aromatic heterocycles. The van der Waals surface area contributed by atoms with E-state index < -0.39 is 0 Å². The Balaban J connectivity index is 1.50. The second-order valence-corrected chi connectivity index (χ2v) is 7.05. The molecule has 0 aliphatic heterocycles. The summed E-state index contributed by atoms with van der Waals surface area (Å²) in [5.74, 6) is 0.602. The lowest BCUT2D eigenvalue weighted by atomic mass is 9.73. The first-order valence-electron chi connectivity index (χ1n) is 8.65. The first-order chi connectivity index (χ1) is 11.6. The summed E-state index contributed by atoms with van der Waals surface area (Å²) in [4.78, 5) is 18.9. The largest absolute Gasteiger partial charge is 0.506 e. The van der Waals surface area contributed by atoms with Gasteiger partial charge in [-0.05, 0) is 55.7 Å². The molecular weight excluding hydrogens is 300 g/mol. The third-order valence-electron chi connectivity index (χ3n) is 5.28. The van der Waals surface area contributed by atoms with Gasteiger partial charge in [0.2, 0.25) is 0 Å². The zero-order valence-electron chi connectivity index (χ0n) is 13.9. The number of pyridine rings is 1. The summed E-state index contributed by atoms with van der Waals surface area (Å²) in [5.41, 5.74) is 3.24. The summed E-state index contributed by atoms with van der Waals surface area (Å²) in [7, 11) is 0. The van der Waals surface area contributed by atoms with Gasteiger partial charge in [0.1, 0.15) is 5.75 Å². The SMILES string of the molecule is Cc1ccccc1C1CC(N(C(=O)c2cncc(O)c2)C2CC2)C1. The molecule has 0 bridgehead atoms. The van der Waals surface area contributed by atoms with Crippen molar-refractivity contribution >= 4 is 5.91 Å². The number of benzene rings is 1. The maximum Gasteiger partial charge on any atom is 0.256 e. The van der Waals surface area contributed by atoms with Crippen LogP contribution >= 0.6 is 0 Å². The summed E-state index contributed by atoms with van der Waals surface area (Å²) < 4.78 is 0. The standard InChI is InChI=1S/C20H22N2O2/c1-13-4-2-3-5-19(13)14-8-17(9-14)22(16-6-7-16)20(24)15-10-18(23)12-21-11-15/h2-5,10-12,14,16-17,23H,6-9H2,1H3. The summed E-state index contributed by atoms with van der Waals surface area (Å²) in [6, 6.07) is 10.7. The molecule has 0 radical (unpaired) electrons. The Bertz CT molecular complexity index is 764. The van der Waals surface area contributed by atoms with Crippen molar-refractivity contribution < 1.29 is 9.90 Å². The van der Waals surface area contributed by atoms with Crippen molar-refractivity contribution in [1.82, 2.24) is 9.88 Å². The van der Waals surface area contributed by atoms with Crippen molar-refractivity contribution in [3.8, 4) is 5.75 Å². The van der Waals surface area contributed by atoms with Gasteiger partial charge in [-0.3, -0.25) is 9.78 Å². The van der Waals surface area contributed by atoms with Crippen molar-refractivity contribution in [3.05, 3.63) is 59.4 Å². The van der Waals surface area contributed by atoms with Gasteiger partial charge in [-0.25, -0.2) is 0 Å². The van der Waals surface area contributed by atoms with Gasteiger partial charge in [-0.2, -0.15) is 0 Å². The zero-order chi connectivity index (χ0) is 16.7. The van der Waals surface area contributed by atoms with Crippen LogP contribution in [0, 0.1) is 6.92 Å². The molecule has 1 N–H and O–H groups in total. The first-order valence-corrected chi connectivity index (χ1v) is 8.65. The molecule has 2 aliphatic carbocycles. The molecule has 2 aliphatic rings. The second-order valence-electron chi connectivity index (χ2n) is 7.05. The maximum atomic E-state index is 12.9. The van der Waals surface area contributed by atoms with Crippen LogP contribution in [0.25, 0.3) is 0 Å². The van der Waals surface area contributed by atoms with Gasteiger partial charge in [-0.1, -0.05) is 24.3 Å². The van der Waals surface area contributed by atoms with Crippen LogP contribution in [0.5, 0.6) is 5.75 Å². The number of amides is 1. The van der Waals surface area contributed by atoms with Crippen LogP contribution in [-0.4, -0.2) is 33.0 Å². The van der Waals surface area contributed by atoms with E-state index in [2.05, 4.69) is 36.2 Å². The number of hydrogen-bond acceptors (Lipinski definition) is 3. The van der Waals surface area contributed by atoms with E-state index in [1.165, 1.54) is 23.4 Å². The topological polar surface area (TPSA) is 53.4 Å². The molecule has 0 saturated heterocycles. The predicted molar refractivity (Wildman–Crippen MR) is 92.0 cm³/mol. The number of nitrogens with zero attached hydrogens (tertiary/aromatic N) is 2. The Kier molecular flexibility index (Phi) is 3.75. The highest BCUT2D eigenvalue weighted by Gasteiger charge is 2.44. The van der Waals surface area contributed by atoms with Crippen molar-refractivity contribution in [3.63, 3.8) is 0 Å². The predicted octanol–water partition coefficient (Wildman–Crippen LogP) is 3.65. The molecule has 2 saturated carbocycles. The molecule has 1 aromatic carbocycles. The van der Waals surface area contributed by atoms with Crippen LogP contribution < -0.4 is 0 Å². The average molecular weight is 322 g/mol. The lowest BCUT2D eigenvalue weighted by Crippen LogP contribution is -2.48. The number of carbonyl (C=O) groups is 1. The van der Waals surface area contributed by atoms with E-state index in [4.69, 9.17) is 0 Å². The minimum atomic E-state index is 0.00846. The number of carbonyl (C=O) groups excluding carboxylic acids is 1. The monoisotopic (exact) mass is 322 g/mol. The second kappa shape index (κ2) is 5.93. The fourth-order valence-corrected chi connectivity index (χ4v) is 3.79. The van der Waals surface area contributed by atoms with E-state index in [1.807, 2.05) is 4.90 Å². The van der Waals surface area contributed by atoms with E-state index in [1.54, 1.807) is 6.20 Å². The highest BCUT2D eigenvalue weighted by molar-refractivity contribution is 5.95. The number of rotatable bonds is 4. The van der Waals surface area contributed by atoms with Gasteiger partial charge >= 0.3 is 0 Å². The van der Waals surface area contributed by atoms with Crippen molar-refractivity contribution in [1.29, 1.82) is 0 Å². The summed E-state index contributed by atoms with van der Waals surface area (Å²) >= 11 is 0.